The average Bonchev–Trinajstić information content (AvgIpc) is 2.86. The van der Waals surface area contributed by atoms with Crippen molar-refractivity contribution in [2.45, 2.75) is 24.3 Å². The van der Waals surface area contributed by atoms with E-state index in [9.17, 15) is 12.8 Å². The molecular weight excluding hydrogens is 287 g/mol. The van der Waals surface area contributed by atoms with E-state index in [0.29, 0.717) is 5.56 Å². The molecular formula is C12H17FN2O2S2. The number of rotatable bonds is 3. The van der Waals surface area contributed by atoms with Crippen molar-refractivity contribution in [2.75, 3.05) is 24.3 Å². The fraction of sp³-hybridized carbons (Fsp3) is 0.500. The third-order valence-electron chi connectivity index (χ3n) is 3.37. The lowest BCUT2D eigenvalue weighted by Crippen LogP contribution is -2.37. The van der Waals surface area contributed by atoms with Gasteiger partial charge in [0, 0.05) is 18.8 Å². The Morgan fingerprint density at radius 3 is 2.74 bits per heavy atom. The van der Waals surface area contributed by atoms with Crippen LogP contribution in [0.15, 0.2) is 17.0 Å². The number of nitrogens with zero attached hydrogens (tertiary/aromatic N) is 1. The van der Waals surface area contributed by atoms with Gasteiger partial charge in [0.15, 0.2) is 0 Å². The molecule has 1 fully saturated rings. The Balaban J connectivity index is 2.41. The highest BCUT2D eigenvalue weighted by Gasteiger charge is 2.31. The standard InChI is InChI=1S/C12H17FN2O2S2/c1-8-5-10(13)11(14)6-12(8)19(16,17)15(2)9-3-4-18-7-9/h5-6,9H,3-4,7,14H2,1-2H3. The minimum atomic E-state index is -3.62. The van der Waals surface area contributed by atoms with E-state index in [1.165, 1.54) is 16.4 Å². The van der Waals surface area contributed by atoms with Crippen molar-refractivity contribution < 1.29 is 12.8 Å². The van der Waals surface area contributed by atoms with Gasteiger partial charge in [0.2, 0.25) is 10.0 Å². The van der Waals surface area contributed by atoms with Gasteiger partial charge in [-0.3, -0.25) is 0 Å². The molecule has 19 heavy (non-hydrogen) atoms. The molecule has 0 amide bonds. The largest absolute Gasteiger partial charge is 0.396 e. The minimum absolute atomic E-state index is 0.000627. The maximum Gasteiger partial charge on any atom is 0.243 e. The summed E-state index contributed by atoms with van der Waals surface area (Å²) in [7, 11) is -2.04. The van der Waals surface area contributed by atoms with Crippen molar-refractivity contribution in [1.82, 2.24) is 4.31 Å². The molecule has 0 aromatic heterocycles. The Morgan fingerprint density at radius 2 is 2.16 bits per heavy atom. The topological polar surface area (TPSA) is 63.4 Å². The van der Waals surface area contributed by atoms with Crippen molar-refractivity contribution in [1.29, 1.82) is 0 Å². The van der Waals surface area contributed by atoms with Crippen LogP contribution in [0.25, 0.3) is 0 Å². The first-order valence-electron chi connectivity index (χ1n) is 5.95. The van der Waals surface area contributed by atoms with Crippen LogP contribution in [0.4, 0.5) is 10.1 Å². The van der Waals surface area contributed by atoms with E-state index in [1.807, 2.05) is 0 Å². The highest BCUT2D eigenvalue weighted by Crippen LogP contribution is 2.29. The molecule has 7 heteroatoms. The normalized spacial score (nSPS) is 20.1. The number of hydrogen-bond acceptors (Lipinski definition) is 4. The van der Waals surface area contributed by atoms with Crippen molar-refractivity contribution >= 4 is 27.5 Å². The van der Waals surface area contributed by atoms with Crippen LogP contribution in [0.5, 0.6) is 0 Å². The van der Waals surface area contributed by atoms with Crippen LogP contribution in [-0.2, 0) is 10.0 Å². The fourth-order valence-corrected chi connectivity index (χ4v) is 5.09. The number of aryl methyl sites for hydroxylation is 1. The van der Waals surface area contributed by atoms with E-state index < -0.39 is 15.8 Å². The third-order valence-corrected chi connectivity index (χ3v) is 6.57. The number of halogens is 1. The molecule has 106 valence electrons. The number of thioether (sulfide) groups is 1. The molecule has 0 spiro atoms. The molecule has 1 aliphatic heterocycles. The second-order valence-electron chi connectivity index (χ2n) is 4.68. The van der Waals surface area contributed by atoms with Crippen LogP contribution in [0, 0.1) is 12.7 Å². The summed E-state index contributed by atoms with van der Waals surface area (Å²) >= 11 is 1.74. The quantitative estimate of drug-likeness (QED) is 0.866. The fourth-order valence-electron chi connectivity index (χ4n) is 2.11. The summed E-state index contributed by atoms with van der Waals surface area (Å²) in [4.78, 5) is 0.0887. The van der Waals surface area contributed by atoms with Crippen molar-refractivity contribution in [3.63, 3.8) is 0 Å². The molecule has 4 nitrogen and oxygen atoms in total. The highest BCUT2D eigenvalue weighted by atomic mass is 32.2. The minimum Gasteiger partial charge on any atom is -0.396 e. The number of benzene rings is 1. The molecule has 2 N–H and O–H groups in total. The Labute approximate surface area is 117 Å². The van der Waals surface area contributed by atoms with E-state index in [-0.39, 0.29) is 16.6 Å². The molecule has 1 atom stereocenters. The zero-order valence-corrected chi connectivity index (χ0v) is 12.5. The van der Waals surface area contributed by atoms with E-state index in [1.54, 1.807) is 25.7 Å². The first-order chi connectivity index (χ1) is 8.84. The number of hydrogen-bond donors (Lipinski definition) is 1. The summed E-state index contributed by atoms with van der Waals surface area (Å²) in [5.74, 6) is 1.18. The van der Waals surface area contributed by atoms with Crippen LogP contribution < -0.4 is 5.73 Å². The van der Waals surface area contributed by atoms with Gasteiger partial charge in [-0.25, -0.2) is 12.8 Å². The highest BCUT2D eigenvalue weighted by molar-refractivity contribution is 7.99. The van der Waals surface area contributed by atoms with Crippen LogP contribution in [0.2, 0.25) is 0 Å². The van der Waals surface area contributed by atoms with Gasteiger partial charge in [-0.15, -0.1) is 0 Å². The number of anilines is 1. The zero-order chi connectivity index (χ0) is 14.2. The molecule has 0 radical (unpaired) electrons. The van der Waals surface area contributed by atoms with Gasteiger partial charge in [0.05, 0.1) is 10.6 Å². The first-order valence-corrected chi connectivity index (χ1v) is 8.55. The average molecular weight is 304 g/mol. The van der Waals surface area contributed by atoms with Gasteiger partial charge in [-0.1, -0.05) is 0 Å². The summed E-state index contributed by atoms with van der Waals surface area (Å²) in [5.41, 5.74) is 5.72. The van der Waals surface area contributed by atoms with Crippen LogP contribution in [-0.4, -0.2) is 37.3 Å². The summed E-state index contributed by atoms with van der Waals surface area (Å²) in [6.07, 6.45) is 0.843. The van der Waals surface area contributed by atoms with Gasteiger partial charge >= 0.3 is 0 Å². The first kappa shape index (κ1) is 14.6. The number of nitrogen functional groups attached to an aromatic ring is 1. The summed E-state index contributed by atoms with van der Waals surface area (Å²) in [5, 5.41) is 0. The third kappa shape index (κ3) is 2.73. The molecule has 1 aromatic rings. The number of sulfonamides is 1. The molecule has 1 aliphatic rings. The Kier molecular flexibility index (Phi) is 4.08. The lowest BCUT2D eigenvalue weighted by molar-refractivity contribution is 0.394. The van der Waals surface area contributed by atoms with E-state index in [2.05, 4.69) is 0 Å². The smallest absolute Gasteiger partial charge is 0.243 e. The van der Waals surface area contributed by atoms with E-state index >= 15 is 0 Å². The lowest BCUT2D eigenvalue weighted by Gasteiger charge is -2.24. The second-order valence-corrected chi connectivity index (χ2v) is 7.79. The molecule has 0 aliphatic carbocycles. The summed E-state index contributed by atoms with van der Waals surface area (Å²) < 4.78 is 39.8. The Hall–Kier alpha value is -0.790. The molecule has 1 unspecified atom stereocenters. The molecule has 0 saturated carbocycles. The predicted octanol–water partition coefficient (Wildman–Crippen LogP) is 1.84. The maximum atomic E-state index is 13.3. The summed E-state index contributed by atoms with van der Waals surface area (Å²) in [6.45, 7) is 1.58. The van der Waals surface area contributed by atoms with Gasteiger partial charge in [-0.2, -0.15) is 16.1 Å². The van der Waals surface area contributed by atoms with Crippen molar-refractivity contribution in [3.05, 3.63) is 23.5 Å². The molecule has 1 aromatic carbocycles. The molecule has 0 bridgehead atoms. The van der Waals surface area contributed by atoms with Gasteiger partial charge in [0.25, 0.3) is 0 Å². The second kappa shape index (κ2) is 5.30. The lowest BCUT2D eigenvalue weighted by atomic mass is 10.2. The number of nitrogens with two attached hydrogens (primary N) is 1. The molecule has 2 rings (SSSR count). The van der Waals surface area contributed by atoms with Crippen LogP contribution >= 0.6 is 11.8 Å². The van der Waals surface area contributed by atoms with E-state index in [0.717, 1.165) is 17.9 Å². The van der Waals surface area contributed by atoms with Crippen molar-refractivity contribution in [2.24, 2.45) is 0 Å². The van der Waals surface area contributed by atoms with Gasteiger partial charge in [0.1, 0.15) is 5.82 Å². The predicted molar refractivity (Wildman–Crippen MR) is 76.2 cm³/mol. The molecule has 1 saturated heterocycles. The zero-order valence-electron chi connectivity index (χ0n) is 10.9. The maximum absolute atomic E-state index is 13.3. The monoisotopic (exact) mass is 304 g/mol. The Morgan fingerprint density at radius 1 is 1.47 bits per heavy atom. The van der Waals surface area contributed by atoms with Gasteiger partial charge < -0.3 is 5.73 Å². The van der Waals surface area contributed by atoms with Crippen molar-refractivity contribution in [3.8, 4) is 0 Å². The van der Waals surface area contributed by atoms with E-state index in [4.69, 9.17) is 5.73 Å². The SMILES string of the molecule is Cc1cc(F)c(N)cc1S(=O)(=O)N(C)C1CCSC1. The Bertz CT molecular complexity index is 584. The van der Waals surface area contributed by atoms with Gasteiger partial charge in [-0.05, 0) is 36.8 Å². The summed E-state index contributed by atoms with van der Waals surface area (Å²) in [6, 6.07) is 2.37. The van der Waals surface area contributed by atoms with Crippen LogP contribution in [0.3, 0.4) is 0 Å². The molecule has 1 heterocycles. The van der Waals surface area contributed by atoms with Crippen LogP contribution in [0.1, 0.15) is 12.0 Å².